The van der Waals surface area contributed by atoms with Crippen molar-refractivity contribution in [2.45, 2.75) is 25.5 Å². The molecule has 0 bridgehead atoms. The van der Waals surface area contributed by atoms with E-state index in [2.05, 4.69) is 40.7 Å². The number of hydrogen-bond donors (Lipinski definition) is 1. The average Bonchev–Trinajstić information content (AvgIpc) is 2.97. The predicted octanol–water partition coefficient (Wildman–Crippen LogP) is 3.56. The van der Waals surface area contributed by atoms with E-state index in [0.29, 0.717) is 6.54 Å². The Morgan fingerprint density at radius 1 is 1.16 bits per heavy atom. The third-order valence-corrected chi connectivity index (χ3v) is 6.20. The summed E-state index contributed by atoms with van der Waals surface area (Å²) in [5.41, 5.74) is 2.00. The van der Waals surface area contributed by atoms with Crippen LogP contribution in [-0.4, -0.2) is 33.7 Å². The highest BCUT2D eigenvalue weighted by Gasteiger charge is 2.53. The van der Waals surface area contributed by atoms with Gasteiger partial charge in [0.25, 0.3) is 5.72 Å². The second-order valence-electron chi connectivity index (χ2n) is 6.57. The zero-order chi connectivity index (χ0) is 17.4. The molecule has 0 saturated carbocycles. The largest absolute Gasteiger partial charge is 0.346 e. The Hall–Kier alpha value is -1.85. The number of benzene rings is 2. The molecule has 130 valence electrons. The van der Waals surface area contributed by atoms with Crippen molar-refractivity contribution in [1.82, 2.24) is 0 Å². The van der Waals surface area contributed by atoms with Gasteiger partial charge in [-0.15, -0.1) is 0 Å². The maximum absolute atomic E-state index is 13.3. The normalized spacial score (nSPS) is 23.1. The molecule has 0 aliphatic carbocycles. The summed E-state index contributed by atoms with van der Waals surface area (Å²) in [5.74, 6) is 0.768. The minimum Gasteiger partial charge on any atom is -0.346 e. The average molecular weight is 357 g/mol. The molecule has 0 amide bonds. The van der Waals surface area contributed by atoms with Gasteiger partial charge in [-0.3, -0.25) is 0 Å². The molecule has 3 nitrogen and oxygen atoms in total. The number of hydrogen-bond acceptors (Lipinski definition) is 3. The van der Waals surface area contributed by atoms with Gasteiger partial charge in [0, 0.05) is 11.3 Å². The maximum atomic E-state index is 13.3. The summed E-state index contributed by atoms with van der Waals surface area (Å²) in [4.78, 5) is 2.19. The minimum atomic E-state index is -1.13. The van der Waals surface area contributed by atoms with Crippen molar-refractivity contribution in [2.24, 2.45) is 0 Å². The van der Waals surface area contributed by atoms with E-state index in [4.69, 9.17) is 0 Å². The van der Waals surface area contributed by atoms with E-state index in [1.807, 2.05) is 0 Å². The summed E-state index contributed by atoms with van der Waals surface area (Å²) in [7, 11) is 0. The Morgan fingerprint density at radius 2 is 1.88 bits per heavy atom. The molecule has 1 N–H and O–H groups in total. The lowest BCUT2D eigenvalue weighted by Gasteiger charge is -2.24. The van der Waals surface area contributed by atoms with Crippen molar-refractivity contribution in [1.29, 1.82) is 0 Å². The molecule has 2 aliphatic rings. The van der Waals surface area contributed by atoms with Gasteiger partial charge in [0.2, 0.25) is 0 Å². The molecule has 25 heavy (non-hydrogen) atoms. The lowest BCUT2D eigenvalue weighted by atomic mass is 10.0. The number of anilines is 1. The van der Waals surface area contributed by atoms with Gasteiger partial charge in [-0.25, -0.2) is 13.9 Å². The van der Waals surface area contributed by atoms with E-state index in [1.54, 1.807) is 23.9 Å². The number of thioether (sulfide) groups is 1. The molecule has 0 spiro atoms. The minimum absolute atomic E-state index is 0.283. The molecular formula is C20H22FN2OS+. The fourth-order valence-corrected chi connectivity index (χ4v) is 4.76. The topological polar surface area (TPSA) is 26.5 Å². The van der Waals surface area contributed by atoms with Crippen molar-refractivity contribution in [3.05, 3.63) is 65.5 Å². The van der Waals surface area contributed by atoms with Gasteiger partial charge in [-0.05, 0) is 66.6 Å². The van der Waals surface area contributed by atoms with Crippen molar-refractivity contribution >= 4 is 22.6 Å². The number of aryl methyl sites for hydroxylation is 1. The molecule has 2 aromatic rings. The van der Waals surface area contributed by atoms with E-state index in [1.165, 1.54) is 17.7 Å². The van der Waals surface area contributed by atoms with Crippen LogP contribution in [0.1, 0.15) is 24.5 Å². The van der Waals surface area contributed by atoms with Gasteiger partial charge in [0.05, 0.1) is 6.54 Å². The molecule has 0 saturated heterocycles. The van der Waals surface area contributed by atoms with Gasteiger partial charge in [-0.2, -0.15) is 0 Å². The molecule has 4 rings (SSSR count). The lowest BCUT2D eigenvalue weighted by Crippen LogP contribution is -2.41. The van der Waals surface area contributed by atoms with E-state index in [9.17, 15) is 9.50 Å². The molecule has 2 aromatic carbocycles. The first-order valence-corrected chi connectivity index (χ1v) is 9.72. The second kappa shape index (κ2) is 6.46. The third-order valence-electron chi connectivity index (χ3n) is 5.01. The highest BCUT2D eigenvalue weighted by atomic mass is 32.2. The molecule has 0 fully saturated rings. The van der Waals surface area contributed by atoms with Gasteiger partial charge in [0.15, 0.2) is 6.54 Å². The number of β-amino-alcohol motifs (C(OH)–C–C–N with tert-alkyl or cyclic N) is 1. The van der Waals surface area contributed by atoms with Crippen LogP contribution in [-0.2, 0) is 12.1 Å². The first-order chi connectivity index (χ1) is 12.1. The second-order valence-corrected chi connectivity index (χ2v) is 7.63. The molecule has 2 aliphatic heterocycles. The van der Waals surface area contributed by atoms with Crippen LogP contribution < -0.4 is 4.90 Å². The summed E-state index contributed by atoms with van der Waals surface area (Å²) in [5, 5.41) is 12.6. The Morgan fingerprint density at radius 3 is 2.56 bits per heavy atom. The van der Waals surface area contributed by atoms with Crippen LogP contribution in [0.4, 0.5) is 10.1 Å². The van der Waals surface area contributed by atoms with Gasteiger partial charge < -0.3 is 5.11 Å². The van der Waals surface area contributed by atoms with Crippen molar-refractivity contribution in [3.8, 4) is 0 Å². The fraction of sp³-hybridized carbons (Fsp3) is 0.350. The summed E-state index contributed by atoms with van der Waals surface area (Å²) >= 11 is 1.78. The summed E-state index contributed by atoms with van der Waals surface area (Å²) < 4.78 is 15.4. The lowest BCUT2D eigenvalue weighted by molar-refractivity contribution is -0.656. The Bertz CT molecular complexity index is 803. The maximum Gasteiger partial charge on any atom is 0.316 e. The van der Waals surface area contributed by atoms with Crippen molar-refractivity contribution < 1.29 is 14.1 Å². The van der Waals surface area contributed by atoms with Crippen molar-refractivity contribution in [3.63, 3.8) is 0 Å². The Labute approximate surface area is 151 Å². The van der Waals surface area contributed by atoms with Crippen molar-refractivity contribution in [2.75, 3.05) is 23.7 Å². The smallest absolute Gasteiger partial charge is 0.316 e. The molecular weight excluding hydrogens is 335 g/mol. The van der Waals surface area contributed by atoms with Gasteiger partial charge in [-0.1, -0.05) is 19.1 Å². The number of nitrogens with zero attached hydrogens (tertiary/aromatic N) is 2. The van der Waals surface area contributed by atoms with E-state index in [0.717, 1.165) is 41.6 Å². The zero-order valence-corrected chi connectivity index (χ0v) is 15.1. The SMILES string of the molecule is CCc1ccc(N2C[C@](O)(c3ccc(F)cc3)[N+]3=C2SCCC3)cc1. The molecule has 0 radical (unpaired) electrons. The van der Waals surface area contributed by atoms with Crippen LogP contribution in [0.3, 0.4) is 0 Å². The molecule has 1 atom stereocenters. The number of rotatable bonds is 3. The van der Waals surface area contributed by atoms with Gasteiger partial charge >= 0.3 is 5.17 Å². The third kappa shape index (κ3) is 2.85. The van der Waals surface area contributed by atoms with Crippen LogP contribution >= 0.6 is 11.8 Å². The number of halogens is 1. The first kappa shape index (κ1) is 16.6. The highest BCUT2D eigenvalue weighted by molar-refractivity contribution is 8.13. The van der Waals surface area contributed by atoms with Crippen LogP contribution in [0, 0.1) is 5.82 Å². The van der Waals surface area contributed by atoms with Crippen LogP contribution in [0.15, 0.2) is 48.5 Å². The van der Waals surface area contributed by atoms with E-state index in [-0.39, 0.29) is 5.82 Å². The number of aliphatic hydroxyl groups is 1. The zero-order valence-electron chi connectivity index (χ0n) is 14.3. The Kier molecular flexibility index (Phi) is 4.29. The fourth-order valence-electron chi connectivity index (χ4n) is 3.58. The summed E-state index contributed by atoms with van der Waals surface area (Å²) in [6.45, 7) is 3.40. The van der Waals surface area contributed by atoms with Crippen LogP contribution in [0.25, 0.3) is 0 Å². The monoisotopic (exact) mass is 357 g/mol. The van der Waals surface area contributed by atoms with Crippen LogP contribution in [0.5, 0.6) is 0 Å². The molecule has 0 aromatic heterocycles. The van der Waals surface area contributed by atoms with Crippen LogP contribution in [0.2, 0.25) is 0 Å². The summed E-state index contributed by atoms with van der Waals surface area (Å²) in [6.07, 6.45) is 2.04. The van der Waals surface area contributed by atoms with E-state index >= 15 is 0 Å². The Balaban J connectivity index is 1.75. The molecule has 5 heteroatoms. The highest BCUT2D eigenvalue weighted by Crippen LogP contribution is 2.37. The van der Waals surface area contributed by atoms with Gasteiger partial charge in [0.1, 0.15) is 11.5 Å². The standard InChI is InChI=1S/C20H22FN2OS/c1-2-15-4-10-18(11-5-15)22-14-20(24,16-6-8-17(21)9-7-16)23-12-3-13-25-19(22)23/h4-11,24H,2-3,12-14H2,1H3/q+1/t20-/m0/s1. The molecule has 2 heterocycles. The number of amidine groups is 1. The quantitative estimate of drug-likeness (QED) is 0.851. The summed E-state index contributed by atoms with van der Waals surface area (Å²) in [6, 6.07) is 14.7. The molecule has 0 unspecified atom stereocenters. The van der Waals surface area contributed by atoms with E-state index < -0.39 is 5.72 Å². The first-order valence-electron chi connectivity index (χ1n) is 8.74. The predicted molar refractivity (Wildman–Crippen MR) is 101 cm³/mol.